The van der Waals surface area contributed by atoms with Crippen LogP contribution in [0.1, 0.15) is 45.0 Å². The van der Waals surface area contributed by atoms with Crippen molar-refractivity contribution >= 4 is 17.6 Å². The number of carbonyl (C=O) groups excluding carboxylic acids is 1. The van der Waals surface area contributed by atoms with Crippen molar-refractivity contribution in [1.29, 1.82) is 0 Å². The number of ether oxygens (including phenoxy) is 2. The van der Waals surface area contributed by atoms with Crippen LogP contribution in [0, 0.1) is 5.41 Å². The van der Waals surface area contributed by atoms with Crippen molar-refractivity contribution in [2.45, 2.75) is 52.7 Å². The van der Waals surface area contributed by atoms with Gasteiger partial charge in [-0.05, 0) is 32.9 Å². The zero-order chi connectivity index (χ0) is 22.0. The van der Waals surface area contributed by atoms with Gasteiger partial charge in [0.2, 0.25) is 5.88 Å². The van der Waals surface area contributed by atoms with Gasteiger partial charge in [0, 0.05) is 17.7 Å². The molecular weight excluding hydrogens is 411 g/mol. The minimum atomic E-state index is -2.39. The Morgan fingerprint density at radius 1 is 1.21 bits per heavy atom. The fourth-order valence-electron chi connectivity index (χ4n) is 2.14. The van der Waals surface area contributed by atoms with Gasteiger partial charge in [-0.3, -0.25) is 4.39 Å². The van der Waals surface area contributed by atoms with Crippen LogP contribution in [0.2, 0.25) is 5.15 Å². The van der Waals surface area contributed by atoms with Crippen LogP contribution in [-0.4, -0.2) is 45.5 Å². The molecule has 0 N–H and O–H groups in total. The number of nitrogens with zero attached hydrogens (tertiary/aromatic N) is 3. The highest BCUT2D eigenvalue weighted by Gasteiger charge is 2.38. The summed E-state index contributed by atoms with van der Waals surface area (Å²) in [5, 5.41) is 3.84. The number of alkyl halides is 3. The van der Waals surface area contributed by atoms with Gasteiger partial charge < -0.3 is 9.47 Å². The van der Waals surface area contributed by atoms with E-state index in [1.807, 2.05) is 0 Å². The third-order valence-corrected chi connectivity index (χ3v) is 4.09. The number of pyridine rings is 1. The van der Waals surface area contributed by atoms with Crippen LogP contribution >= 0.6 is 11.6 Å². The zero-order valence-corrected chi connectivity index (χ0v) is 17.5. The van der Waals surface area contributed by atoms with Gasteiger partial charge in [-0.15, -0.1) is 5.10 Å². The summed E-state index contributed by atoms with van der Waals surface area (Å²) in [4.78, 5) is 16.2. The Bertz CT molecular complexity index is 868. The normalized spacial score (nSPS) is 14.4. The summed E-state index contributed by atoms with van der Waals surface area (Å²) in [6.45, 7) is 6.63. The molecule has 29 heavy (non-hydrogen) atoms. The molecule has 0 bridgehead atoms. The number of rotatable bonds is 7. The molecule has 0 fully saturated rings. The van der Waals surface area contributed by atoms with Gasteiger partial charge in [0.25, 0.3) is 6.36 Å². The number of hydrogen-bond acceptors (Lipinski definition) is 5. The lowest BCUT2D eigenvalue weighted by molar-refractivity contribution is -0.0645. The van der Waals surface area contributed by atoms with Crippen molar-refractivity contribution in [3.8, 4) is 11.7 Å². The Labute approximate surface area is 172 Å². The summed E-state index contributed by atoms with van der Waals surface area (Å²) in [5.74, 6) is -0.631. The van der Waals surface area contributed by atoms with E-state index < -0.39 is 36.2 Å². The molecule has 2 aromatic heterocycles. The first-order chi connectivity index (χ1) is 13.3. The molecule has 2 rings (SSSR count). The molecule has 0 aliphatic carbocycles. The molecule has 0 saturated carbocycles. The predicted molar refractivity (Wildman–Crippen MR) is 102 cm³/mol. The van der Waals surface area contributed by atoms with Gasteiger partial charge in [-0.25, -0.2) is 18.9 Å². The molecule has 2 heterocycles. The van der Waals surface area contributed by atoms with Gasteiger partial charge in [0.15, 0.2) is 12.0 Å². The quantitative estimate of drug-likeness (QED) is 0.459. The lowest BCUT2D eigenvalue weighted by Gasteiger charge is -2.27. The average Bonchev–Trinajstić information content (AvgIpc) is 3.07. The summed E-state index contributed by atoms with van der Waals surface area (Å²) >= 11 is 6.07. The van der Waals surface area contributed by atoms with Crippen LogP contribution in [0.4, 0.5) is 13.2 Å². The van der Waals surface area contributed by atoms with E-state index >= 15 is 0 Å². The fraction of sp³-hybridized carbons (Fsp3) is 0.526. The fourth-order valence-corrected chi connectivity index (χ4v) is 2.37. The van der Waals surface area contributed by atoms with Crippen molar-refractivity contribution in [2.24, 2.45) is 5.41 Å². The highest BCUT2D eigenvalue weighted by atomic mass is 35.5. The van der Waals surface area contributed by atoms with Crippen LogP contribution < -0.4 is 4.74 Å². The molecule has 160 valence electrons. The van der Waals surface area contributed by atoms with E-state index in [0.29, 0.717) is 0 Å². The molecule has 0 saturated heterocycles. The summed E-state index contributed by atoms with van der Waals surface area (Å²) in [7, 11) is 0. The topological polar surface area (TPSA) is 66.2 Å². The summed E-state index contributed by atoms with van der Waals surface area (Å²) < 4.78 is 52.2. The minimum absolute atomic E-state index is 0.0755. The van der Waals surface area contributed by atoms with Crippen molar-refractivity contribution < 1.29 is 27.4 Å². The number of carbonyl (C=O) groups is 1. The van der Waals surface area contributed by atoms with Gasteiger partial charge >= 0.3 is 5.97 Å². The van der Waals surface area contributed by atoms with Crippen LogP contribution in [0.15, 0.2) is 24.4 Å². The van der Waals surface area contributed by atoms with E-state index in [9.17, 15) is 18.0 Å². The van der Waals surface area contributed by atoms with Crippen molar-refractivity contribution in [3.05, 3.63) is 35.1 Å². The second-order valence-electron chi connectivity index (χ2n) is 8.10. The Balaban J connectivity index is 2.14. The first-order valence-corrected chi connectivity index (χ1v) is 9.18. The molecule has 0 amide bonds. The molecule has 2 unspecified atom stereocenters. The van der Waals surface area contributed by atoms with E-state index in [-0.39, 0.29) is 22.4 Å². The standard InChI is InChI=1S/C19H23ClF3N3O3/c1-18(2,3)29-17(27)11-6-7-12(24-15(11)20)26-9-8-13(25-26)28-16(23)14(22)19(4,5)10-21/h6-9,14,16H,10H2,1-5H3. The van der Waals surface area contributed by atoms with E-state index in [2.05, 4.69) is 10.1 Å². The maximum atomic E-state index is 14.0. The molecule has 0 radical (unpaired) electrons. The molecule has 0 aliphatic rings. The van der Waals surface area contributed by atoms with Crippen molar-refractivity contribution in [3.63, 3.8) is 0 Å². The molecule has 2 atom stereocenters. The van der Waals surface area contributed by atoms with Gasteiger partial charge in [0.05, 0.1) is 12.2 Å². The molecule has 0 spiro atoms. The molecule has 6 nitrogen and oxygen atoms in total. The Morgan fingerprint density at radius 3 is 2.41 bits per heavy atom. The molecule has 0 aromatic carbocycles. The smallest absolute Gasteiger partial charge is 0.341 e. The van der Waals surface area contributed by atoms with Crippen molar-refractivity contribution in [1.82, 2.24) is 14.8 Å². The number of esters is 1. The van der Waals surface area contributed by atoms with Gasteiger partial charge in [-0.2, -0.15) is 4.39 Å². The van der Waals surface area contributed by atoms with E-state index in [1.165, 1.54) is 42.9 Å². The van der Waals surface area contributed by atoms with Crippen molar-refractivity contribution in [2.75, 3.05) is 6.67 Å². The maximum Gasteiger partial charge on any atom is 0.341 e. The van der Waals surface area contributed by atoms with E-state index in [0.717, 1.165) is 0 Å². The van der Waals surface area contributed by atoms with E-state index in [1.54, 1.807) is 20.8 Å². The second kappa shape index (κ2) is 8.61. The van der Waals surface area contributed by atoms with Crippen LogP contribution in [0.3, 0.4) is 0 Å². The average molecular weight is 434 g/mol. The summed E-state index contributed by atoms with van der Waals surface area (Å²) in [6.07, 6.45) is -3.19. The highest BCUT2D eigenvalue weighted by Crippen LogP contribution is 2.29. The Hall–Kier alpha value is -2.29. The largest absolute Gasteiger partial charge is 0.456 e. The molecule has 0 aliphatic heterocycles. The van der Waals surface area contributed by atoms with Crippen LogP contribution in [0.5, 0.6) is 5.88 Å². The monoisotopic (exact) mass is 433 g/mol. The SMILES string of the molecule is CC(C)(C)OC(=O)c1ccc(-n2ccc(OC(F)C(F)C(C)(C)CF)n2)nc1Cl. The highest BCUT2D eigenvalue weighted by molar-refractivity contribution is 6.32. The molecule has 2 aromatic rings. The maximum absolute atomic E-state index is 14.0. The first-order valence-electron chi connectivity index (χ1n) is 8.81. The Kier molecular flexibility index (Phi) is 6.82. The first kappa shape index (κ1) is 23.0. The van der Waals surface area contributed by atoms with Crippen LogP contribution in [-0.2, 0) is 4.74 Å². The summed E-state index contributed by atoms with van der Waals surface area (Å²) in [5.41, 5.74) is -2.15. The minimum Gasteiger partial charge on any atom is -0.456 e. The third kappa shape index (κ3) is 5.85. The summed E-state index contributed by atoms with van der Waals surface area (Å²) in [6, 6.07) is 4.17. The number of hydrogen-bond donors (Lipinski definition) is 0. The predicted octanol–water partition coefficient (Wildman–Crippen LogP) is 4.88. The van der Waals surface area contributed by atoms with E-state index in [4.69, 9.17) is 21.1 Å². The number of aromatic nitrogens is 3. The lowest BCUT2D eigenvalue weighted by Crippen LogP contribution is -2.38. The van der Waals surface area contributed by atoms with Crippen LogP contribution in [0.25, 0.3) is 5.82 Å². The van der Waals surface area contributed by atoms with Gasteiger partial charge in [0.1, 0.15) is 10.8 Å². The zero-order valence-electron chi connectivity index (χ0n) is 16.7. The molecular formula is C19H23ClF3N3O3. The second-order valence-corrected chi connectivity index (χ2v) is 8.46. The lowest BCUT2D eigenvalue weighted by atomic mass is 9.89. The van der Waals surface area contributed by atoms with Gasteiger partial charge in [-0.1, -0.05) is 25.4 Å². The molecule has 10 heteroatoms. The number of halogens is 4. The third-order valence-electron chi connectivity index (χ3n) is 3.81. The Morgan fingerprint density at radius 2 is 1.86 bits per heavy atom.